The molecule has 0 bridgehead atoms. The monoisotopic (exact) mass is 573 g/mol. The highest BCUT2D eigenvalue weighted by molar-refractivity contribution is 7.92. The first kappa shape index (κ1) is 29.8. The largest absolute Gasteiger partial charge is 0.493 e. The fourth-order valence-electron chi connectivity index (χ4n) is 4.12. The Kier molecular flexibility index (Phi) is 10.2. The Morgan fingerprint density at radius 1 is 0.949 bits per heavy atom. The molecule has 0 aromatic heterocycles. The summed E-state index contributed by atoms with van der Waals surface area (Å²) < 4.78 is 37.3. The topological polar surface area (TPSA) is 105 Å². The van der Waals surface area contributed by atoms with E-state index in [1.165, 1.54) is 38.3 Å². The third-order valence-electron chi connectivity index (χ3n) is 6.15. The van der Waals surface area contributed by atoms with E-state index >= 15 is 0 Å². The minimum absolute atomic E-state index is 0.00698. The van der Waals surface area contributed by atoms with Crippen LogP contribution in [0.2, 0.25) is 5.02 Å². The van der Waals surface area contributed by atoms with Crippen molar-refractivity contribution in [3.63, 3.8) is 0 Å². The maximum absolute atomic E-state index is 14.0. The number of ether oxygens (including phenoxy) is 2. The maximum Gasteiger partial charge on any atom is 0.244 e. The van der Waals surface area contributed by atoms with Gasteiger partial charge in [-0.3, -0.25) is 13.9 Å². The quantitative estimate of drug-likeness (QED) is 0.355. The number of sulfonamides is 1. The molecule has 1 atom stereocenters. The van der Waals surface area contributed by atoms with Crippen molar-refractivity contribution in [3.05, 3.63) is 88.9 Å². The van der Waals surface area contributed by atoms with Crippen molar-refractivity contribution in [1.82, 2.24) is 10.2 Å². The standard InChI is InChI=1S/C28H32ClN3O6S/c1-30-28(34)24(16-20-10-6-5-7-11-20)31(18-21-12-8-9-13-23(21)29)27(33)19-32(39(4,35)36)22-14-15-25(37-2)26(17-22)38-3/h5-15,17,24H,16,18-19H2,1-4H3,(H,30,34). The summed E-state index contributed by atoms with van der Waals surface area (Å²) in [6.45, 7) is -0.561. The highest BCUT2D eigenvalue weighted by Gasteiger charge is 2.33. The molecule has 0 saturated heterocycles. The second-order valence-corrected chi connectivity index (χ2v) is 11.1. The summed E-state index contributed by atoms with van der Waals surface area (Å²) in [6.07, 6.45) is 1.22. The molecular formula is C28H32ClN3O6S. The van der Waals surface area contributed by atoms with Crippen molar-refractivity contribution in [2.75, 3.05) is 38.4 Å². The van der Waals surface area contributed by atoms with E-state index in [1.54, 1.807) is 30.3 Å². The lowest BCUT2D eigenvalue weighted by molar-refractivity contribution is -0.139. The molecule has 1 unspecified atom stereocenters. The van der Waals surface area contributed by atoms with Crippen LogP contribution < -0.4 is 19.1 Å². The molecule has 2 amide bonds. The average molecular weight is 574 g/mol. The van der Waals surface area contributed by atoms with Crippen LogP contribution in [0.5, 0.6) is 11.5 Å². The number of amides is 2. The van der Waals surface area contributed by atoms with E-state index < -0.39 is 34.4 Å². The minimum atomic E-state index is -3.92. The van der Waals surface area contributed by atoms with Gasteiger partial charge in [-0.2, -0.15) is 0 Å². The first-order chi connectivity index (χ1) is 18.6. The number of methoxy groups -OCH3 is 2. The minimum Gasteiger partial charge on any atom is -0.493 e. The first-order valence-electron chi connectivity index (χ1n) is 12.1. The predicted octanol–water partition coefficient (Wildman–Crippen LogP) is 3.51. The summed E-state index contributed by atoms with van der Waals surface area (Å²) in [6, 6.07) is 19.9. The first-order valence-corrected chi connectivity index (χ1v) is 14.3. The normalized spacial score (nSPS) is 11.8. The van der Waals surface area contributed by atoms with Gasteiger partial charge in [0.2, 0.25) is 21.8 Å². The number of carbonyl (C=O) groups is 2. The van der Waals surface area contributed by atoms with Gasteiger partial charge in [-0.15, -0.1) is 0 Å². The number of halogens is 1. The molecule has 0 fully saturated rings. The number of hydrogen-bond acceptors (Lipinski definition) is 6. The van der Waals surface area contributed by atoms with Crippen molar-refractivity contribution in [3.8, 4) is 11.5 Å². The number of anilines is 1. The molecule has 11 heteroatoms. The fourth-order valence-corrected chi connectivity index (χ4v) is 5.16. The van der Waals surface area contributed by atoms with E-state index in [9.17, 15) is 18.0 Å². The van der Waals surface area contributed by atoms with Gasteiger partial charge in [0.15, 0.2) is 11.5 Å². The van der Waals surface area contributed by atoms with Crippen LogP contribution in [0.1, 0.15) is 11.1 Å². The summed E-state index contributed by atoms with van der Waals surface area (Å²) in [7, 11) is 0.468. The molecule has 3 aromatic carbocycles. The maximum atomic E-state index is 14.0. The molecule has 3 rings (SSSR count). The van der Waals surface area contributed by atoms with Crippen LogP contribution in [-0.2, 0) is 32.6 Å². The number of benzene rings is 3. The van der Waals surface area contributed by atoms with Crippen LogP contribution in [0.15, 0.2) is 72.8 Å². The Hall–Kier alpha value is -3.76. The highest BCUT2D eigenvalue weighted by atomic mass is 35.5. The van der Waals surface area contributed by atoms with E-state index in [-0.39, 0.29) is 18.7 Å². The average Bonchev–Trinajstić information content (AvgIpc) is 2.93. The third kappa shape index (κ3) is 7.64. The molecule has 0 aliphatic rings. The molecule has 0 saturated carbocycles. The van der Waals surface area contributed by atoms with Crippen molar-refractivity contribution in [1.29, 1.82) is 0 Å². The van der Waals surface area contributed by atoms with E-state index in [0.717, 1.165) is 16.1 Å². The zero-order valence-electron chi connectivity index (χ0n) is 22.3. The summed E-state index contributed by atoms with van der Waals surface area (Å²) in [5.74, 6) is -0.267. The van der Waals surface area contributed by atoms with Crippen molar-refractivity contribution in [2.45, 2.75) is 19.0 Å². The SMILES string of the molecule is CNC(=O)C(Cc1ccccc1)N(Cc1ccccc1Cl)C(=O)CN(c1ccc(OC)c(OC)c1)S(C)(=O)=O. The van der Waals surface area contributed by atoms with Crippen LogP contribution in [0.3, 0.4) is 0 Å². The Bertz CT molecular complexity index is 1400. The second kappa shape index (κ2) is 13.3. The summed E-state index contributed by atoms with van der Waals surface area (Å²) in [4.78, 5) is 28.5. The van der Waals surface area contributed by atoms with Crippen molar-refractivity contribution in [2.24, 2.45) is 0 Å². The number of nitrogens with one attached hydrogen (secondary N) is 1. The molecule has 1 N–H and O–H groups in total. The van der Waals surface area contributed by atoms with E-state index in [1.807, 2.05) is 30.3 Å². The lowest BCUT2D eigenvalue weighted by Gasteiger charge is -2.33. The molecule has 0 aliphatic heterocycles. The molecule has 0 heterocycles. The number of likely N-dealkylation sites (N-methyl/N-ethyl adjacent to an activating group) is 1. The highest BCUT2D eigenvalue weighted by Crippen LogP contribution is 2.32. The van der Waals surface area contributed by atoms with Crippen LogP contribution in [0.4, 0.5) is 5.69 Å². The zero-order chi connectivity index (χ0) is 28.6. The molecule has 0 radical (unpaired) electrons. The predicted molar refractivity (Wildman–Crippen MR) is 152 cm³/mol. The summed E-state index contributed by atoms with van der Waals surface area (Å²) in [5.41, 5.74) is 1.66. The van der Waals surface area contributed by atoms with Crippen molar-refractivity contribution >= 4 is 39.1 Å². The Morgan fingerprint density at radius 2 is 1.59 bits per heavy atom. The Morgan fingerprint density at radius 3 is 2.18 bits per heavy atom. The second-order valence-electron chi connectivity index (χ2n) is 8.74. The summed E-state index contributed by atoms with van der Waals surface area (Å²) in [5, 5.41) is 3.06. The lowest BCUT2D eigenvalue weighted by Crippen LogP contribution is -2.52. The number of nitrogens with zero attached hydrogens (tertiary/aromatic N) is 2. The summed E-state index contributed by atoms with van der Waals surface area (Å²) >= 11 is 6.42. The van der Waals surface area contributed by atoms with Gasteiger partial charge in [-0.25, -0.2) is 8.42 Å². The molecular weight excluding hydrogens is 542 g/mol. The number of rotatable bonds is 12. The molecule has 208 valence electrons. The van der Waals surface area contributed by atoms with E-state index in [2.05, 4.69) is 5.32 Å². The van der Waals surface area contributed by atoms with Crippen LogP contribution >= 0.6 is 11.6 Å². The van der Waals surface area contributed by atoms with Crippen LogP contribution in [0, 0.1) is 0 Å². The van der Waals surface area contributed by atoms with Gasteiger partial charge in [0.1, 0.15) is 12.6 Å². The lowest BCUT2D eigenvalue weighted by atomic mass is 10.0. The fraction of sp³-hybridized carbons (Fsp3) is 0.286. The van der Waals surface area contributed by atoms with Gasteiger partial charge in [0.05, 0.1) is 26.2 Å². The molecule has 9 nitrogen and oxygen atoms in total. The van der Waals surface area contributed by atoms with Gasteiger partial charge in [0.25, 0.3) is 0 Å². The Labute approximate surface area is 234 Å². The number of hydrogen-bond donors (Lipinski definition) is 1. The van der Waals surface area contributed by atoms with Crippen LogP contribution in [-0.4, -0.2) is 65.2 Å². The molecule has 3 aromatic rings. The zero-order valence-corrected chi connectivity index (χ0v) is 23.8. The third-order valence-corrected chi connectivity index (χ3v) is 7.66. The van der Waals surface area contributed by atoms with Crippen molar-refractivity contribution < 1.29 is 27.5 Å². The van der Waals surface area contributed by atoms with Crippen LogP contribution in [0.25, 0.3) is 0 Å². The number of carbonyl (C=O) groups excluding carboxylic acids is 2. The molecule has 0 aliphatic carbocycles. The van der Waals surface area contributed by atoms with Gasteiger partial charge in [-0.05, 0) is 29.3 Å². The molecule has 39 heavy (non-hydrogen) atoms. The smallest absolute Gasteiger partial charge is 0.244 e. The van der Waals surface area contributed by atoms with Gasteiger partial charge < -0.3 is 19.7 Å². The Balaban J connectivity index is 2.06. The van der Waals surface area contributed by atoms with Gasteiger partial charge >= 0.3 is 0 Å². The van der Waals surface area contributed by atoms with E-state index in [0.29, 0.717) is 22.1 Å². The van der Waals surface area contributed by atoms with Gasteiger partial charge in [-0.1, -0.05) is 60.1 Å². The van der Waals surface area contributed by atoms with E-state index in [4.69, 9.17) is 21.1 Å². The van der Waals surface area contributed by atoms with Gasteiger partial charge in [0, 0.05) is 31.1 Å². The molecule has 0 spiro atoms.